The van der Waals surface area contributed by atoms with Crippen molar-refractivity contribution >= 4 is 17.5 Å². The second-order valence-corrected chi connectivity index (χ2v) is 5.00. The third kappa shape index (κ3) is 3.38. The van der Waals surface area contributed by atoms with Crippen molar-refractivity contribution in [3.05, 3.63) is 74.8 Å². The maximum absolute atomic E-state index is 12.1. The summed E-state index contributed by atoms with van der Waals surface area (Å²) in [4.78, 5) is 22.2. The molecular weight excluding hydrogens is 282 g/mol. The van der Waals surface area contributed by atoms with Crippen molar-refractivity contribution in [2.75, 3.05) is 0 Å². The molecule has 0 atom stereocenters. The monoisotopic (exact) mass is 297 g/mol. The smallest absolute Gasteiger partial charge is 0.311 e. The number of nitro groups is 1. The van der Waals surface area contributed by atoms with Crippen molar-refractivity contribution in [1.29, 1.82) is 0 Å². The van der Waals surface area contributed by atoms with Crippen LogP contribution in [0.2, 0.25) is 0 Å². The number of carbonyl (C=O) groups excluding carboxylic acids is 1. The van der Waals surface area contributed by atoms with Gasteiger partial charge >= 0.3 is 5.69 Å². The van der Waals surface area contributed by atoms with Gasteiger partial charge in [-0.1, -0.05) is 24.3 Å². The van der Waals surface area contributed by atoms with E-state index in [0.29, 0.717) is 11.1 Å². The summed E-state index contributed by atoms with van der Waals surface area (Å²) in [5.41, 5.74) is 2.78. The van der Waals surface area contributed by atoms with Crippen LogP contribution in [0.4, 0.5) is 5.69 Å². The predicted molar refractivity (Wildman–Crippen MR) is 84.0 cm³/mol. The first-order valence-electron chi connectivity index (χ1n) is 6.65. The van der Waals surface area contributed by atoms with Crippen LogP contribution in [0.5, 0.6) is 5.75 Å². The van der Waals surface area contributed by atoms with Crippen LogP contribution in [-0.4, -0.2) is 15.8 Å². The van der Waals surface area contributed by atoms with Crippen LogP contribution in [-0.2, 0) is 0 Å². The standard InChI is InChI=1S/C17H15NO4/c1-11-3-6-14(9-12(11)2)16(19)7-4-13-5-8-17(20)15(10-13)18(21)22/h3-10,20H,1-2H3/b7-4+. The van der Waals surface area contributed by atoms with Crippen molar-refractivity contribution in [2.45, 2.75) is 13.8 Å². The van der Waals surface area contributed by atoms with Gasteiger partial charge in [-0.15, -0.1) is 0 Å². The van der Waals surface area contributed by atoms with Gasteiger partial charge < -0.3 is 5.11 Å². The fourth-order valence-corrected chi connectivity index (χ4v) is 1.95. The number of phenolic OH excluding ortho intramolecular Hbond substituents is 1. The Morgan fingerprint density at radius 3 is 2.50 bits per heavy atom. The van der Waals surface area contributed by atoms with Gasteiger partial charge in [0.05, 0.1) is 4.92 Å². The molecule has 112 valence electrons. The number of rotatable bonds is 4. The molecule has 0 radical (unpaired) electrons. The molecule has 0 aliphatic carbocycles. The van der Waals surface area contributed by atoms with Crippen LogP contribution in [0.3, 0.4) is 0 Å². The summed E-state index contributed by atoms with van der Waals surface area (Å²) < 4.78 is 0. The highest BCUT2D eigenvalue weighted by molar-refractivity contribution is 6.07. The van der Waals surface area contributed by atoms with Crippen molar-refractivity contribution in [1.82, 2.24) is 0 Å². The first-order valence-corrected chi connectivity index (χ1v) is 6.65. The van der Waals surface area contributed by atoms with E-state index in [1.807, 2.05) is 19.9 Å². The molecule has 0 unspecified atom stereocenters. The number of carbonyl (C=O) groups is 1. The lowest BCUT2D eigenvalue weighted by atomic mass is 10.0. The molecule has 0 heterocycles. The summed E-state index contributed by atoms with van der Waals surface area (Å²) >= 11 is 0. The number of hydrogen-bond donors (Lipinski definition) is 1. The Bertz CT molecular complexity index is 778. The van der Waals surface area contributed by atoms with Gasteiger partial charge in [0.15, 0.2) is 11.5 Å². The molecule has 22 heavy (non-hydrogen) atoms. The zero-order valence-corrected chi connectivity index (χ0v) is 12.2. The van der Waals surface area contributed by atoms with Crippen LogP contribution in [0.15, 0.2) is 42.5 Å². The number of nitro benzene ring substituents is 1. The lowest BCUT2D eigenvalue weighted by Gasteiger charge is -2.02. The largest absolute Gasteiger partial charge is 0.502 e. The van der Waals surface area contributed by atoms with Gasteiger partial charge in [-0.25, -0.2) is 0 Å². The number of ketones is 1. The Labute approximate surface area is 127 Å². The summed E-state index contributed by atoms with van der Waals surface area (Å²) in [5, 5.41) is 20.1. The molecule has 0 spiro atoms. The quantitative estimate of drug-likeness (QED) is 0.402. The van der Waals surface area contributed by atoms with E-state index in [4.69, 9.17) is 0 Å². The molecule has 0 saturated carbocycles. The first kappa shape index (κ1) is 15.4. The molecule has 5 nitrogen and oxygen atoms in total. The molecule has 5 heteroatoms. The molecule has 2 rings (SSSR count). The molecule has 0 amide bonds. The minimum absolute atomic E-state index is 0.182. The first-order chi connectivity index (χ1) is 10.4. The van der Waals surface area contributed by atoms with E-state index < -0.39 is 10.7 Å². The number of hydrogen-bond acceptors (Lipinski definition) is 4. The van der Waals surface area contributed by atoms with Gasteiger partial charge in [-0.05, 0) is 48.7 Å². The average Bonchev–Trinajstić information content (AvgIpc) is 2.48. The zero-order chi connectivity index (χ0) is 16.3. The van der Waals surface area contributed by atoms with E-state index in [1.165, 1.54) is 30.4 Å². The van der Waals surface area contributed by atoms with E-state index in [1.54, 1.807) is 12.1 Å². The van der Waals surface area contributed by atoms with Gasteiger partial charge in [0.2, 0.25) is 0 Å². The normalized spacial score (nSPS) is 10.8. The van der Waals surface area contributed by atoms with Gasteiger partial charge in [-0.2, -0.15) is 0 Å². The Morgan fingerprint density at radius 1 is 1.14 bits per heavy atom. The fourth-order valence-electron chi connectivity index (χ4n) is 1.95. The zero-order valence-electron chi connectivity index (χ0n) is 12.2. The fraction of sp³-hybridized carbons (Fsp3) is 0.118. The number of allylic oxidation sites excluding steroid dienone is 1. The van der Waals surface area contributed by atoms with Gasteiger partial charge in [0.1, 0.15) is 0 Å². The summed E-state index contributed by atoms with van der Waals surface area (Å²) in [5.74, 6) is -0.582. The Kier molecular flexibility index (Phi) is 4.36. The van der Waals surface area contributed by atoms with Gasteiger partial charge in [0.25, 0.3) is 0 Å². The summed E-state index contributed by atoms with van der Waals surface area (Å²) in [6.07, 6.45) is 2.85. The van der Waals surface area contributed by atoms with Crippen molar-refractivity contribution in [3.63, 3.8) is 0 Å². The molecule has 0 bridgehead atoms. The number of aromatic hydroxyl groups is 1. The third-order valence-electron chi connectivity index (χ3n) is 3.41. The lowest BCUT2D eigenvalue weighted by molar-refractivity contribution is -0.385. The Balaban J connectivity index is 2.24. The number of aryl methyl sites for hydroxylation is 2. The summed E-state index contributed by atoms with van der Waals surface area (Å²) in [6, 6.07) is 9.39. The van der Waals surface area contributed by atoms with Crippen LogP contribution in [0.25, 0.3) is 6.08 Å². The topological polar surface area (TPSA) is 80.4 Å². The van der Waals surface area contributed by atoms with Crippen LogP contribution in [0.1, 0.15) is 27.0 Å². The summed E-state index contributed by atoms with van der Waals surface area (Å²) in [7, 11) is 0. The molecule has 2 aromatic rings. The van der Waals surface area contributed by atoms with Crippen LogP contribution in [0, 0.1) is 24.0 Å². The third-order valence-corrected chi connectivity index (χ3v) is 3.41. The maximum Gasteiger partial charge on any atom is 0.311 e. The minimum atomic E-state index is -0.669. The van der Waals surface area contributed by atoms with E-state index in [9.17, 15) is 20.0 Å². The van der Waals surface area contributed by atoms with E-state index in [0.717, 1.165) is 11.1 Å². The molecule has 0 aliphatic heterocycles. The SMILES string of the molecule is Cc1ccc(C(=O)/C=C/c2ccc(O)c([N+](=O)[O-])c2)cc1C. The van der Waals surface area contributed by atoms with Crippen LogP contribution < -0.4 is 0 Å². The van der Waals surface area contributed by atoms with Crippen molar-refractivity contribution in [3.8, 4) is 5.75 Å². The van der Waals surface area contributed by atoms with Gasteiger partial charge in [0, 0.05) is 11.6 Å². The van der Waals surface area contributed by atoms with E-state index in [2.05, 4.69) is 0 Å². The van der Waals surface area contributed by atoms with Gasteiger partial charge in [-0.3, -0.25) is 14.9 Å². The van der Waals surface area contributed by atoms with E-state index >= 15 is 0 Å². The summed E-state index contributed by atoms with van der Waals surface area (Å²) in [6.45, 7) is 3.90. The second kappa shape index (κ2) is 6.22. The molecule has 2 aromatic carbocycles. The highest BCUT2D eigenvalue weighted by Gasteiger charge is 2.12. The minimum Gasteiger partial charge on any atom is -0.502 e. The lowest BCUT2D eigenvalue weighted by Crippen LogP contribution is -1.96. The Hall–Kier alpha value is -2.95. The van der Waals surface area contributed by atoms with Crippen molar-refractivity contribution in [2.24, 2.45) is 0 Å². The van der Waals surface area contributed by atoms with Crippen LogP contribution >= 0.6 is 0 Å². The molecular formula is C17H15NO4. The van der Waals surface area contributed by atoms with E-state index in [-0.39, 0.29) is 11.5 Å². The second-order valence-electron chi connectivity index (χ2n) is 5.00. The maximum atomic E-state index is 12.1. The highest BCUT2D eigenvalue weighted by Crippen LogP contribution is 2.26. The molecule has 0 aliphatic rings. The highest BCUT2D eigenvalue weighted by atomic mass is 16.6. The predicted octanol–water partition coefficient (Wildman–Crippen LogP) is 3.81. The molecule has 1 N–H and O–H groups in total. The number of benzene rings is 2. The molecule has 0 aromatic heterocycles. The Morgan fingerprint density at radius 2 is 1.86 bits per heavy atom. The van der Waals surface area contributed by atoms with Crippen molar-refractivity contribution < 1.29 is 14.8 Å². The molecule has 0 fully saturated rings. The average molecular weight is 297 g/mol. The molecule has 0 saturated heterocycles. The number of nitrogens with zero attached hydrogens (tertiary/aromatic N) is 1. The number of phenols is 1.